The van der Waals surface area contributed by atoms with Gasteiger partial charge >= 0.3 is 6.01 Å². The largest absolute Gasteiger partial charge is 0.378 e. The van der Waals surface area contributed by atoms with Gasteiger partial charge in [0.15, 0.2) is 5.82 Å². The zero-order chi connectivity index (χ0) is 19.1. The molecule has 5 rings (SSSR count). The number of ether oxygens (including phenoxy) is 1. The van der Waals surface area contributed by atoms with Gasteiger partial charge in [-0.15, -0.1) is 0 Å². The smallest absolute Gasteiger partial charge is 0.324 e. The Labute approximate surface area is 163 Å². The van der Waals surface area contributed by atoms with Gasteiger partial charge in [0, 0.05) is 51.3 Å². The van der Waals surface area contributed by atoms with Gasteiger partial charge in [-0.2, -0.15) is 4.98 Å². The molecule has 150 valence electrons. The molecule has 0 bridgehead atoms. The van der Waals surface area contributed by atoms with Crippen molar-refractivity contribution < 1.29 is 14.1 Å². The molecular weight excluding hydrogens is 360 g/mol. The molecular formula is C19H26N6O3. The van der Waals surface area contributed by atoms with Crippen molar-refractivity contribution in [1.82, 2.24) is 24.6 Å². The predicted octanol–water partition coefficient (Wildman–Crippen LogP) is 1.15. The van der Waals surface area contributed by atoms with Crippen molar-refractivity contribution in [2.24, 2.45) is 13.0 Å². The van der Waals surface area contributed by atoms with Crippen molar-refractivity contribution in [1.29, 1.82) is 0 Å². The van der Waals surface area contributed by atoms with E-state index in [2.05, 4.69) is 20.0 Å². The summed E-state index contributed by atoms with van der Waals surface area (Å²) < 4.78 is 12.9. The van der Waals surface area contributed by atoms with Crippen molar-refractivity contribution in [3.63, 3.8) is 0 Å². The number of hydrogen-bond acceptors (Lipinski definition) is 7. The lowest BCUT2D eigenvalue weighted by Crippen LogP contribution is -2.45. The third kappa shape index (κ3) is 3.17. The van der Waals surface area contributed by atoms with E-state index >= 15 is 0 Å². The number of imidazole rings is 1. The van der Waals surface area contributed by atoms with Gasteiger partial charge in [0.2, 0.25) is 5.91 Å². The third-order valence-corrected chi connectivity index (χ3v) is 6.24. The minimum absolute atomic E-state index is 0.00981. The average Bonchev–Trinajstić information content (AvgIpc) is 3.39. The zero-order valence-corrected chi connectivity index (χ0v) is 16.2. The second-order valence-corrected chi connectivity index (χ2v) is 8.08. The maximum atomic E-state index is 13.3. The SMILES string of the molecule is Cn1cnc([C@@H]2CN(c3nc(C4CCC4)no3)C[C@H]2C(=O)N2CCOCC2)c1. The van der Waals surface area contributed by atoms with E-state index in [9.17, 15) is 4.79 Å². The number of aromatic nitrogens is 4. The highest BCUT2D eigenvalue weighted by molar-refractivity contribution is 5.81. The molecule has 4 heterocycles. The van der Waals surface area contributed by atoms with Crippen LogP contribution in [0.25, 0.3) is 0 Å². The minimum atomic E-state index is -0.174. The Balaban J connectivity index is 1.38. The minimum Gasteiger partial charge on any atom is -0.378 e. The van der Waals surface area contributed by atoms with Crippen LogP contribution >= 0.6 is 0 Å². The fourth-order valence-corrected chi connectivity index (χ4v) is 4.34. The summed E-state index contributed by atoms with van der Waals surface area (Å²) in [6.45, 7) is 3.73. The molecule has 28 heavy (non-hydrogen) atoms. The topological polar surface area (TPSA) is 89.5 Å². The molecule has 2 aromatic heterocycles. The first kappa shape index (κ1) is 17.7. The first-order chi connectivity index (χ1) is 13.7. The quantitative estimate of drug-likeness (QED) is 0.779. The normalized spacial score (nSPS) is 25.9. The van der Waals surface area contributed by atoms with Crippen molar-refractivity contribution in [2.75, 3.05) is 44.3 Å². The number of carbonyl (C=O) groups excluding carboxylic acids is 1. The highest BCUT2D eigenvalue weighted by Crippen LogP contribution is 2.38. The first-order valence-corrected chi connectivity index (χ1v) is 10.1. The van der Waals surface area contributed by atoms with E-state index in [1.807, 2.05) is 22.7 Å². The van der Waals surface area contributed by atoms with Crippen molar-refractivity contribution in [3.05, 3.63) is 24.0 Å². The number of anilines is 1. The summed E-state index contributed by atoms with van der Waals surface area (Å²) in [7, 11) is 1.95. The molecule has 9 heteroatoms. The lowest BCUT2D eigenvalue weighted by molar-refractivity contribution is -0.139. The standard InChI is InChI=1S/C19H26N6O3/c1-23-11-16(20-12-23)14-9-25(19-21-17(22-28-19)13-3-2-4-13)10-15(14)18(26)24-5-7-27-8-6-24/h11-15H,2-10H2,1H3/t14-,15-/m1/s1. The summed E-state index contributed by atoms with van der Waals surface area (Å²) >= 11 is 0. The Hall–Kier alpha value is -2.42. The molecule has 1 saturated carbocycles. The summed E-state index contributed by atoms with van der Waals surface area (Å²) in [4.78, 5) is 26.4. The molecule has 0 aromatic carbocycles. The lowest BCUT2D eigenvalue weighted by Gasteiger charge is -2.30. The summed E-state index contributed by atoms with van der Waals surface area (Å²) in [6.07, 6.45) is 7.29. The van der Waals surface area contributed by atoms with E-state index in [4.69, 9.17) is 9.26 Å². The Morgan fingerprint density at radius 1 is 1.21 bits per heavy atom. The summed E-state index contributed by atoms with van der Waals surface area (Å²) in [5.41, 5.74) is 0.940. The van der Waals surface area contributed by atoms with E-state index < -0.39 is 0 Å². The molecule has 9 nitrogen and oxygen atoms in total. The number of rotatable bonds is 4. The van der Waals surface area contributed by atoms with Gasteiger partial charge in [-0.05, 0) is 12.8 Å². The van der Waals surface area contributed by atoms with Crippen molar-refractivity contribution >= 4 is 11.9 Å². The van der Waals surface area contributed by atoms with Gasteiger partial charge < -0.3 is 23.6 Å². The molecule has 2 aliphatic heterocycles. The number of aryl methyl sites for hydroxylation is 1. The monoisotopic (exact) mass is 386 g/mol. The highest BCUT2D eigenvalue weighted by atomic mass is 16.5. The third-order valence-electron chi connectivity index (χ3n) is 6.24. The van der Waals surface area contributed by atoms with E-state index in [0.717, 1.165) is 24.4 Å². The summed E-state index contributed by atoms with van der Waals surface area (Å²) in [5, 5.41) is 4.19. The molecule has 2 saturated heterocycles. The Kier molecular flexibility index (Phi) is 4.54. The second-order valence-electron chi connectivity index (χ2n) is 8.08. The molecule has 0 spiro atoms. The number of morpholine rings is 1. The molecule has 0 unspecified atom stereocenters. The van der Waals surface area contributed by atoms with E-state index in [1.165, 1.54) is 6.42 Å². The van der Waals surface area contributed by atoms with Gasteiger partial charge in [-0.25, -0.2) is 4.98 Å². The molecule has 2 atom stereocenters. The van der Waals surface area contributed by atoms with Crippen LogP contribution in [-0.4, -0.2) is 69.9 Å². The predicted molar refractivity (Wildman–Crippen MR) is 99.9 cm³/mol. The Morgan fingerprint density at radius 2 is 2.04 bits per heavy atom. The van der Waals surface area contributed by atoms with Gasteiger partial charge in [-0.1, -0.05) is 11.6 Å². The van der Waals surface area contributed by atoms with Crippen molar-refractivity contribution in [3.8, 4) is 0 Å². The molecule has 1 aliphatic carbocycles. The molecule has 0 radical (unpaired) electrons. The number of nitrogens with zero attached hydrogens (tertiary/aromatic N) is 6. The highest BCUT2D eigenvalue weighted by Gasteiger charge is 2.43. The fourth-order valence-electron chi connectivity index (χ4n) is 4.34. The van der Waals surface area contributed by atoms with E-state index in [0.29, 0.717) is 51.3 Å². The van der Waals surface area contributed by atoms with Crippen LogP contribution in [0.2, 0.25) is 0 Å². The maximum absolute atomic E-state index is 13.3. The van der Waals surface area contributed by atoms with Crippen LogP contribution in [0.5, 0.6) is 0 Å². The van der Waals surface area contributed by atoms with Crippen LogP contribution in [0.4, 0.5) is 6.01 Å². The van der Waals surface area contributed by atoms with Gasteiger partial charge in [0.1, 0.15) is 0 Å². The molecule has 1 amide bonds. The number of amides is 1. The van der Waals surface area contributed by atoms with Crippen LogP contribution in [-0.2, 0) is 16.6 Å². The van der Waals surface area contributed by atoms with Gasteiger partial charge in [-0.3, -0.25) is 4.79 Å². The summed E-state index contributed by atoms with van der Waals surface area (Å²) in [5.74, 6) is 1.24. The van der Waals surface area contributed by atoms with Crippen LogP contribution in [0.1, 0.15) is 42.6 Å². The van der Waals surface area contributed by atoms with Crippen LogP contribution in [0.3, 0.4) is 0 Å². The lowest BCUT2D eigenvalue weighted by atomic mass is 9.85. The Morgan fingerprint density at radius 3 is 2.71 bits per heavy atom. The van der Waals surface area contributed by atoms with Gasteiger partial charge in [0.05, 0.1) is 31.2 Å². The molecule has 3 aliphatic rings. The van der Waals surface area contributed by atoms with E-state index in [-0.39, 0.29) is 17.7 Å². The zero-order valence-electron chi connectivity index (χ0n) is 16.2. The van der Waals surface area contributed by atoms with Crippen LogP contribution in [0.15, 0.2) is 17.0 Å². The van der Waals surface area contributed by atoms with E-state index in [1.54, 1.807) is 6.33 Å². The first-order valence-electron chi connectivity index (χ1n) is 10.1. The fraction of sp³-hybridized carbons (Fsp3) is 0.684. The maximum Gasteiger partial charge on any atom is 0.324 e. The summed E-state index contributed by atoms with van der Waals surface area (Å²) in [6, 6.07) is 0.528. The van der Waals surface area contributed by atoms with Gasteiger partial charge in [0.25, 0.3) is 0 Å². The second kappa shape index (κ2) is 7.20. The Bertz CT molecular complexity index is 838. The average molecular weight is 386 g/mol. The molecule has 2 aromatic rings. The number of hydrogen-bond donors (Lipinski definition) is 0. The van der Waals surface area contributed by atoms with Crippen molar-refractivity contribution in [2.45, 2.75) is 31.1 Å². The molecule has 0 N–H and O–H groups in total. The molecule has 3 fully saturated rings. The van der Waals surface area contributed by atoms with Crippen LogP contribution < -0.4 is 4.90 Å². The van der Waals surface area contributed by atoms with Crippen LogP contribution in [0, 0.1) is 5.92 Å². The number of carbonyl (C=O) groups is 1.